The summed E-state index contributed by atoms with van der Waals surface area (Å²) in [5.74, 6) is -0.241. The van der Waals surface area contributed by atoms with Crippen molar-refractivity contribution in [2.24, 2.45) is 0 Å². The maximum Gasteiger partial charge on any atom is 0.269 e. The smallest absolute Gasteiger partial charge is 0.269 e. The fourth-order valence-electron chi connectivity index (χ4n) is 1.63. The molecule has 4 heteroatoms. The summed E-state index contributed by atoms with van der Waals surface area (Å²) in [6.07, 6.45) is 0. The zero-order valence-electron chi connectivity index (χ0n) is 11.1. The van der Waals surface area contributed by atoms with Crippen LogP contribution in [0.25, 0.3) is 5.70 Å². The number of carbonyl (C=O) groups excluding carboxylic acids is 1. The maximum absolute atomic E-state index is 11.9. The summed E-state index contributed by atoms with van der Waals surface area (Å²) in [7, 11) is 0. The molecule has 0 heterocycles. The van der Waals surface area contributed by atoms with Crippen molar-refractivity contribution in [3.05, 3.63) is 76.8 Å². The molecule has 2 aromatic rings. The first-order chi connectivity index (χ1) is 9.56. The van der Waals surface area contributed by atoms with E-state index in [9.17, 15) is 4.79 Å². The van der Waals surface area contributed by atoms with Gasteiger partial charge in [0.05, 0.1) is 5.70 Å². The minimum absolute atomic E-state index is 0.241. The maximum atomic E-state index is 11.9. The van der Waals surface area contributed by atoms with Crippen LogP contribution in [0.15, 0.2) is 55.1 Å². The third kappa shape index (κ3) is 3.62. The van der Waals surface area contributed by atoms with Crippen LogP contribution in [-0.2, 0) is 0 Å². The largest absolute Gasteiger partial charge is 0.298 e. The van der Waals surface area contributed by atoms with E-state index >= 15 is 0 Å². The van der Waals surface area contributed by atoms with Crippen LogP contribution in [0, 0.1) is 6.92 Å². The van der Waals surface area contributed by atoms with E-state index in [4.69, 9.17) is 11.6 Å². The topological polar surface area (TPSA) is 41.1 Å². The molecule has 0 spiro atoms. The Morgan fingerprint density at radius 3 is 2.10 bits per heavy atom. The molecule has 2 rings (SSSR count). The van der Waals surface area contributed by atoms with Gasteiger partial charge in [-0.2, -0.15) is 0 Å². The number of hydrogen-bond donors (Lipinski definition) is 2. The predicted molar refractivity (Wildman–Crippen MR) is 82.3 cm³/mol. The molecule has 0 aliphatic carbocycles. The van der Waals surface area contributed by atoms with Crippen molar-refractivity contribution in [3.8, 4) is 0 Å². The first-order valence-corrected chi connectivity index (χ1v) is 6.52. The molecule has 20 heavy (non-hydrogen) atoms. The molecule has 0 aliphatic rings. The number of benzene rings is 2. The number of nitrogens with one attached hydrogen (secondary N) is 2. The Kier molecular flexibility index (Phi) is 4.43. The second-order valence-electron chi connectivity index (χ2n) is 4.43. The number of rotatable bonds is 4. The van der Waals surface area contributed by atoms with E-state index in [-0.39, 0.29) is 5.91 Å². The fraction of sp³-hybridized carbons (Fsp3) is 0.0625. The number of aryl methyl sites for hydroxylation is 1. The van der Waals surface area contributed by atoms with Gasteiger partial charge in [-0.25, -0.2) is 0 Å². The predicted octanol–water partition coefficient (Wildman–Crippen LogP) is 3.55. The Morgan fingerprint density at radius 2 is 1.50 bits per heavy atom. The van der Waals surface area contributed by atoms with Crippen molar-refractivity contribution in [1.29, 1.82) is 0 Å². The Labute approximate surface area is 123 Å². The second kappa shape index (κ2) is 6.26. The average molecular weight is 287 g/mol. The molecule has 0 radical (unpaired) electrons. The van der Waals surface area contributed by atoms with Gasteiger partial charge in [0.25, 0.3) is 5.91 Å². The lowest BCUT2D eigenvalue weighted by Gasteiger charge is -2.11. The molecular formula is C16H15ClN2O. The van der Waals surface area contributed by atoms with Gasteiger partial charge in [-0.15, -0.1) is 0 Å². The average Bonchev–Trinajstić information content (AvgIpc) is 2.46. The van der Waals surface area contributed by atoms with Crippen LogP contribution in [0.4, 0.5) is 0 Å². The number of halogens is 1. The first kappa shape index (κ1) is 14.2. The zero-order valence-corrected chi connectivity index (χ0v) is 11.9. The molecular weight excluding hydrogens is 272 g/mol. The number of hydrogen-bond acceptors (Lipinski definition) is 2. The summed E-state index contributed by atoms with van der Waals surface area (Å²) >= 11 is 5.78. The molecule has 2 aromatic carbocycles. The summed E-state index contributed by atoms with van der Waals surface area (Å²) in [6, 6.07) is 14.5. The Bertz CT molecular complexity index is 560. The Hall–Kier alpha value is -2.26. The van der Waals surface area contributed by atoms with Gasteiger partial charge in [0, 0.05) is 10.6 Å². The van der Waals surface area contributed by atoms with Crippen LogP contribution in [0.3, 0.4) is 0 Å². The van der Waals surface area contributed by atoms with E-state index in [2.05, 4.69) is 17.4 Å². The molecule has 2 N–H and O–H groups in total. The van der Waals surface area contributed by atoms with E-state index in [0.29, 0.717) is 16.3 Å². The summed E-state index contributed by atoms with van der Waals surface area (Å²) in [5, 5.41) is 0.596. The van der Waals surface area contributed by atoms with Crippen molar-refractivity contribution in [2.45, 2.75) is 6.92 Å². The van der Waals surface area contributed by atoms with Crippen LogP contribution in [-0.4, -0.2) is 5.91 Å². The van der Waals surface area contributed by atoms with Gasteiger partial charge < -0.3 is 0 Å². The van der Waals surface area contributed by atoms with Crippen LogP contribution in [0.5, 0.6) is 0 Å². The monoisotopic (exact) mass is 286 g/mol. The molecule has 0 saturated heterocycles. The van der Waals surface area contributed by atoms with Crippen molar-refractivity contribution >= 4 is 23.2 Å². The molecule has 0 unspecified atom stereocenters. The second-order valence-corrected chi connectivity index (χ2v) is 4.87. The third-order valence-electron chi connectivity index (χ3n) is 2.83. The van der Waals surface area contributed by atoms with Crippen molar-refractivity contribution in [1.82, 2.24) is 10.9 Å². The molecule has 3 nitrogen and oxygen atoms in total. The van der Waals surface area contributed by atoms with E-state index < -0.39 is 0 Å². The highest BCUT2D eigenvalue weighted by atomic mass is 35.5. The van der Waals surface area contributed by atoms with Gasteiger partial charge in [-0.05, 0) is 36.8 Å². The van der Waals surface area contributed by atoms with Crippen LogP contribution < -0.4 is 10.9 Å². The molecule has 0 saturated carbocycles. The van der Waals surface area contributed by atoms with Crippen molar-refractivity contribution in [2.75, 3.05) is 0 Å². The van der Waals surface area contributed by atoms with Gasteiger partial charge in [0.15, 0.2) is 0 Å². The quantitative estimate of drug-likeness (QED) is 0.844. The van der Waals surface area contributed by atoms with Gasteiger partial charge in [0.1, 0.15) is 0 Å². The molecule has 0 aromatic heterocycles. The Balaban J connectivity index is 1.94. The lowest BCUT2D eigenvalue weighted by Crippen LogP contribution is -2.35. The summed E-state index contributed by atoms with van der Waals surface area (Å²) in [4.78, 5) is 11.9. The fourth-order valence-corrected chi connectivity index (χ4v) is 1.76. The lowest BCUT2D eigenvalue weighted by molar-refractivity contribution is 0.0942. The van der Waals surface area contributed by atoms with Crippen LogP contribution in [0.2, 0.25) is 5.02 Å². The lowest BCUT2D eigenvalue weighted by atomic mass is 10.1. The van der Waals surface area contributed by atoms with Crippen LogP contribution in [0.1, 0.15) is 21.5 Å². The number of carbonyl (C=O) groups is 1. The summed E-state index contributed by atoms with van der Waals surface area (Å²) in [6.45, 7) is 5.90. The zero-order chi connectivity index (χ0) is 14.5. The number of hydrazine groups is 1. The van der Waals surface area contributed by atoms with Crippen LogP contribution >= 0.6 is 11.6 Å². The van der Waals surface area contributed by atoms with E-state index in [1.807, 2.05) is 31.2 Å². The highest BCUT2D eigenvalue weighted by Gasteiger charge is 2.05. The highest BCUT2D eigenvalue weighted by Crippen LogP contribution is 2.11. The normalized spacial score (nSPS) is 9.90. The minimum atomic E-state index is -0.241. The molecule has 0 aliphatic heterocycles. The van der Waals surface area contributed by atoms with Gasteiger partial charge >= 0.3 is 0 Å². The van der Waals surface area contributed by atoms with Gasteiger partial charge in [0.2, 0.25) is 0 Å². The molecule has 1 amide bonds. The summed E-state index contributed by atoms with van der Waals surface area (Å²) < 4.78 is 0. The molecule has 0 bridgehead atoms. The minimum Gasteiger partial charge on any atom is -0.298 e. The van der Waals surface area contributed by atoms with E-state index in [1.54, 1.807) is 24.3 Å². The molecule has 102 valence electrons. The highest BCUT2D eigenvalue weighted by molar-refractivity contribution is 6.30. The third-order valence-corrected chi connectivity index (χ3v) is 3.09. The van der Waals surface area contributed by atoms with E-state index in [1.165, 1.54) is 5.56 Å². The Morgan fingerprint density at radius 1 is 0.950 bits per heavy atom. The standard InChI is InChI=1S/C16H15ClN2O/c1-11-3-5-13(6-4-11)12(2)18-19-16(20)14-7-9-15(17)10-8-14/h3-10,18H,2H2,1H3,(H,19,20). The number of amides is 1. The summed E-state index contributed by atoms with van der Waals surface area (Å²) in [5.41, 5.74) is 8.66. The SMILES string of the molecule is C=C(NNC(=O)c1ccc(Cl)cc1)c1ccc(C)cc1. The van der Waals surface area contributed by atoms with E-state index in [0.717, 1.165) is 5.56 Å². The van der Waals surface area contributed by atoms with Crippen molar-refractivity contribution < 1.29 is 4.79 Å². The van der Waals surface area contributed by atoms with Gasteiger partial charge in [-0.1, -0.05) is 48.0 Å². The van der Waals surface area contributed by atoms with Gasteiger partial charge in [-0.3, -0.25) is 15.6 Å². The molecule has 0 fully saturated rings. The first-order valence-electron chi connectivity index (χ1n) is 6.14. The molecule has 0 atom stereocenters. The van der Waals surface area contributed by atoms with Crippen molar-refractivity contribution in [3.63, 3.8) is 0 Å².